The minimum Gasteiger partial charge on any atom is -0.462 e. The van der Waals surface area contributed by atoms with Gasteiger partial charge in [0.1, 0.15) is 6.10 Å². The molecule has 0 saturated carbocycles. The van der Waals surface area contributed by atoms with Gasteiger partial charge in [0.25, 0.3) is 0 Å². The maximum atomic E-state index is 13.2. The van der Waals surface area contributed by atoms with Gasteiger partial charge in [-0.1, -0.05) is 221 Å². The quantitative estimate of drug-likeness (QED) is 0.0323. The fourth-order valence-corrected chi connectivity index (χ4v) is 7.09. The number of ether oxygens (including phenoxy) is 1. The van der Waals surface area contributed by atoms with E-state index in [1.807, 2.05) is 12.2 Å². The Bertz CT molecular complexity index is 1160. The van der Waals surface area contributed by atoms with Crippen LogP contribution in [-0.2, 0) is 14.3 Å². The molecule has 0 heterocycles. The van der Waals surface area contributed by atoms with Crippen molar-refractivity contribution in [3.8, 4) is 0 Å². The van der Waals surface area contributed by atoms with Crippen LogP contribution in [0, 0.1) is 0 Å². The van der Waals surface area contributed by atoms with Gasteiger partial charge in [0.05, 0.1) is 25.2 Å². The van der Waals surface area contributed by atoms with E-state index < -0.39 is 18.2 Å². The van der Waals surface area contributed by atoms with Gasteiger partial charge in [-0.15, -0.1) is 0 Å². The highest BCUT2D eigenvalue weighted by molar-refractivity contribution is 5.77. The van der Waals surface area contributed by atoms with Crippen LogP contribution in [0.3, 0.4) is 0 Å². The summed E-state index contributed by atoms with van der Waals surface area (Å²) in [5.74, 6) is -0.542. The number of carbonyl (C=O) groups is 2. The van der Waals surface area contributed by atoms with Crippen molar-refractivity contribution in [2.45, 2.75) is 238 Å². The number of allylic oxidation sites excluding steroid dienone is 14. The fraction of sp³-hybridized carbons (Fsp3) is 0.704. The van der Waals surface area contributed by atoms with E-state index in [1.54, 1.807) is 0 Å². The van der Waals surface area contributed by atoms with Gasteiger partial charge in [0.15, 0.2) is 0 Å². The summed E-state index contributed by atoms with van der Waals surface area (Å²) in [6.07, 6.45) is 60.7. The van der Waals surface area contributed by atoms with Gasteiger partial charge in [0, 0.05) is 6.42 Å². The SMILES string of the molecule is CC/C=C/C=C/C=C\CCCCCC(CC(=O)NC(CO)C(O)CCCCCCCCCCCCCC)OC(=O)CCCCCCC/C=C/C=C/C=C/C=C/CCCCC. The Morgan fingerprint density at radius 1 is 0.500 bits per heavy atom. The van der Waals surface area contributed by atoms with Crippen LogP contribution in [0.2, 0.25) is 0 Å². The Labute approximate surface area is 370 Å². The van der Waals surface area contributed by atoms with Crippen molar-refractivity contribution in [3.05, 3.63) is 85.1 Å². The number of unbranched alkanes of at least 4 members (excludes halogenated alkanes) is 22. The summed E-state index contributed by atoms with van der Waals surface area (Å²) in [5, 5.41) is 23.7. The van der Waals surface area contributed by atoms with Crippen molar-refractivity contribution >= 4 is 11.9 Å². The Hall–Kier alpha value is -2.96. The standard InChI is InChI=1S/C54H93NO5/c1-4-7-10-13-16-19-22-24-25-26-27-28-29-32-35-38-41-44-47-54(59)60-50(45-42-39-36-33-30-21-18-15-12-9-6-3)48-53(58)55-51(49-56)52(57)46-43-40-37-34-31-23-20-17-14-11-8-5-2/h9,12,15-16,18-19,21-22,24-28,30,50-52,56-57H,4-8,10-11,13-14,17,20,23,29,31-49H2,1-3H3,(H,55,58)/b12-9+,18-15+,19-16+,24-22+,26-25+,28-27+,30-21-. The van der Waals surface area contributed by atoms with Crippen LogP contribution in [0.4, 0.5) is 0 Å². The first kappa shape index (κ1) is 57.0. The Kier molecular flexibility index (Phi) is 44.8. The molecule has 0 saturated heterocycles. The first-order chi connectivity index (χ1) is 29.5. The first-order valence-corrected chi connectivity index (χ1v) is 24.9. The molecule has 0 bridgehead atoms. The van der Waals surface area contributed by atoms with Crippen LogP contribution in [0.1, 0.15) is 220 Å². The maximum absolute atomic E-state index is 13.2. The van der Waals surface area contributed by atoms with Crippen molar-refractivity contribution in [1.82, 2.24) is 5.32 Å². The normalized spacial score (nSPS) is 14.0. The van der Waals surface area contributed by atoms with Gasteiger partial charge >= 0.3 is 5.97 Å². The molecule has 0 aromatic rings. The number of hydrogen-bond donors (Lipinski definition) is 3. The molecule has 60 heavy (non-hydrogen) atoms. The summed E-state index contributed by atoms with van der Waals surface area (Å²) >= 11 is 0. The summed E-state index contributed by atoms with van der Waals surface area (Å²) in [5.41, 5.74) is 0. The summed E-state index contributed by atoms with van der Waals surface area (Å²) in [6, 6.07) is -0.721. The van der Waals surface area contributed by atoms with Gasteiger partial charge in [0.2, 0.25) is 5.91 Å². The van der Waals surface area contributed by atoms with Crippen molar-refractivity contribution in [3.63, 3.8) is 0 Å². The molecule has 6 nitrogen and oxygen atoms in total. The van der Waals surface area contributed by atoms with Gasteiger partial charge in [-0.25, -0.2) is 0 Å². The maximum Gasteiger partial charge on any atom is 0.306 e. The number of nitrogens with one attached hydrogen (secondary N) is 1. The van der Waals surface area contributed by atoms with E-state index in [4.69, 9.17) is 4.74 Å². The highest BCUT2D eigenvalue weighted by atomic mass is 16.5. The predicted molar refractivity (Wildman–Crippen MR) is 259 cm³/mol. The van der Waals surface area contributed by atoms with Crippen molar-refractivity contribution in [2.75, 3.05) is 6.61 Å². The Morgan fingerprint density at radius 3 is 1.42 bits per heavy atom. The number of amides is 1. The average Bonchev–Trinajstić information content (AvgIpc) is 3.24. The van der Waals surface area contributed by atoms with Crippen molar-refractivity contribution in [1.29, 1.82) is 0 Å². The summed E-state index contributed by atoms with van der Waals surface area (Å²) in [6.45, 7) is 6.28. The third-order valence-electron chi connectivity index (χ3n) is 10.9. The van der Waals surface area contributed by atoms with Crippen LogP contribution in [0.25, 0.3) is 0 Å². The predicted octanol–water partition coefficient (Wildman–Crippen LogP) is 14.8. The van der Waals surface area contributed by atoms with Gasteiger partial charge in [-0.3, -0.25) is 9.59 Å². The largest absolute Gasteiger partial charge is 0.462 e. The lowest BCUT2D eigenvalue weighted by Crippen LogP contribution is -2.46. The molecule has 344 valence electrons. The molecule has 0 aromatic carbocycles. The molecule has 0 rings (SSSR count). The van der Waals surface area contributed by atoms with Gasteiger partial charge in [-0.2, -0.15) is 0 Å². The van der Waals surface area contributed by atoms with Gasteiger partial charge in [-0.05, 0) is 70.6 Å². The third kappa shape index (κ3) is 41.8. The molecule has 0 aliphatic rings. The van der Waals surface area contributed by atoms with Crippen LogP contribution in [-0.4, -0.2) is 46.9 Å². The lowest BCUT2D eigenvalue weighted by molar-refractivity contribution is -0.151. The van der Waals surface area contributed by atoms with E-state index in [9.17, 15) is 19.8 Å². The fourth-order valence-electron chi connectivity index (χ4n) is 7.09. The Morgan fingerprint density at radius 2 is 0.900 bits per heavy atom. The monoisotopic (exact) mass is 836 g/mol. The number of aliphatic hydroxyl groups is 2. The molecule has 3 atom stereocenters. The van der Waals surface area contributed by atoms with Crippen molar-refractivity contribution in [2.24, 2.45) is 0 Å². The van der Waals surface area contributed by atoms with E-state index in [2.05, 4.69) is 99.0 Å². The van der Waals surface area contributed by atoms with Gasteiger partial charge < -0.3 is 20.3 Å². The van der Waals surface area contributed by atoms with Crippen LogP contribution in [0.5, 0.6) is 0 Å². The second-order valence-corrected chi connectivity index (χ2v) is 16.6. The molecule has 0 radical (unpaired) electrons. The molecule has 3 N–H and O–H groups in total. The highest BCUT2D eigenvalue weighted by Crippen LogP contribution is 2.17. The van der Waals surface area contributed by atoms with Crippen LogP contribution >= 0.6 is 0 Å². The zero-order valence-electron chi connectivity index (χ0n) is 39.1. The summed E-state index contributed by atoms with van der Waals surface area (Å²) in [7, 11) is 0. The number of aliphatic hydroxyl groups excluding tert-OH is 2. The molecule has 0 aliphatic carbocycles. The van der Waals surface area contributed by atoms with E-state index >= 15 is 0 Å². The first-order valence-electron chi connectivity index (χ1n) is 24.9. The van der Waals surface area contributed by atoms with E-state index in [0.717, 1.165) is 96.3 Å². The molecule has 3 unspecified atom stereocenters. The zero-order chi connectivity index (χ0) is 43.8. The molecule has 6 heteroatoms. The van der Waals surface area contributed by atoms with E-state index in [0.29, 0.717) is 19.3 Å². The molecular formula is C54H93NO5. The molecule has 0 fully saturated rings. The molecule has 0 aromatic heterocycles. The number of rotatable bonds is 43. The van der Waals surface area contributed by atoms with E-state index in [-0.39, 0.29) is 24.9 Å². The van der Waals surface area contributed by atoms with Crippen molar-refractivity contribution < 1.29 is 24.5 Å². The highest BCUT2D eigenvalue weighted by Gasteiger charge is 2.24. The molecular weight excluding hydrogens is 743 g/mol. The van der Waals surface area contributed by atoms with Crippen LogP contribution < -0.4 is 5.32 Å². The lowest BCUT2D eigenvalue weighted by atomic mass is 10.0. The minimum atomic E-state index is -0.804. The second-order valence-electron chi connectivity index (χ2n) is 16.6. The van der Waals surface area contributed by atoms with E-state index in [1.165, 1.54) is 77.0 Å². The minimum absolute atomic E-state index is 0.0404. The number of hydrogen-bond acceptors (Lipinski definition) is 5. The topological polar surface area (TPSA) is 95.9 Å². The second kappa shape index (κ2) is 47.1. The lowest BCUT2D eigenvalue weighted by Gasteiger charge is -2.24. The number of esters is 1. The zero-order valence-corrected chi connectivity index (χ0v) is 39.1. The smallest absolute Gasteiger partial charge is 0.306 e. The van der Waals surface area contributed by atoms with Crippen LogP contribution in [0.15, 0.2) is 85.1 Å². The molecule has 0 aliphatic heterocycles. The number of carbonyl (C=O) groups excluding carboxylic acids is 2. The third-order valence-corrected chi connectivity index (χ3v) is 10.9. The summed E-state index contributed by atoms with van der Waals surface area (Å²) < 4.78 is 5.89. The molecule has 0 spiro atoms. The molecule has 1 amide bonds. The average molecular weight is 836 g/mol. The summed E-state index contributed by atoms with van der Waals surface area (Å²) in [4.78, 5) is 26.1. The Balaban J connectivity index is 4.64.